The fourth-order valence-corrected chi connectivity index (χ4v) is 4.75. The normalized spacial score (nSPS) is 24.2. The maximum absolute atomic E-state index is 12.7. The van der Waals surface area contributed by atoms with Crippen LogP contribution >= 0.6 is 11.8 Å². The summed E-state index contributed by atoms with van der Waals surface area (Å²) in [6, 6.07) is 0. The second-order valence-electron chi connectivity index (χ2n) is 8.10. The van der Waals surface area contributed by atoms with E-state index < -0.39 is 0 Å². The van der Waals surface area contributed by atoms with Crippen molar-refractivity contribution in [1.29, 1.82) is 5.41 Å². The molecule has 1 saturated heterocycles. The Balaban J connectivity index is 1.58. The van der Waals surface area contributed by atoms with Crippen molar-refractivity contribution in [1.82, 2.24) is 9.91 Å². The highest BCUT2D eigenvalue weighted by Gasteiger charge is 2.38. The zero-order chi connectivity index (χ0) is 21.3. The summed E-state index contributed by atoms with van der Waals surface area (Å²) >= 11 is 1.39. The van der Waals surface area contributed by atoms with Gasteiger partial charge in [0.25, 0.3) is 5.91 Å². The van der Waals surface area contributed by atoms with Gasteiger partial charge in [0, 0.05) is 18.8 Å². The number of carbonyl (C=O) groups is 1. The zero-order valence-electron chi connectivity index (χ0n) is 17.8. The zero-order valence-corrected chi connectivity index (χ0v) is 18.6. The molecule has 30 heavy (non-hydrogen) atoms. The van der Waals surface area contributed by atoms with Crippen LogP contribution in [0.4, 0.5) is 0 Å². The third kappa shape index (κ3) is 4.05. The molecule has 4 aliphatic heterocycles. The minimum absolute atomic E-state index is 0.0896. The first-order chi connectivity index (χ1) is 14.5. The number of carbonyl (C=O) groups excluding carboxylic acids is 1. The summed E-state index contributed by atoms with van der Waals surface area (Å²) in [6.07, 6.45) is 10.3. The topological polar surface area (TPSA) is 84.5 Å². The van der Waals surface area contributed by atoms with Gasteiger partial charge in [-0.15, -0.1) is 5.10 Å². The lowest BCUT2D eigenvalue weighted by molar-refractivity contribution is -0.114. The summed E-state index contributed by atoms with van der Waals surface area (Å²) in [6.45, 7) is 8.82. The van der Waals surface area contributed by atoms with Crippen LogP contribution in [0.1, 0.15) is 46.5 Å². The van der Waals surface area contributed by atoms with Gasteiger partial charge in [0.2, 0.25) is 5.17 Å². The number of fused-ring (bicyclic) bond motifs is 1. The van der Waals surface area contributed by atoms with Crippen LogP contribution in [-0.4, -0.2) is 57.3 Å². The van der Waals surface area contributed by atoms with Gasteiger partial charge in [0.15, 0.2) is 11.0 Å². The number of unbranched alkanes of at least 4 members (excludes halogenated alkanes) is 1. The molecular formula is C22H28N6OS. The Kier molecular flexibility index (Phi) is 6.04. The number of allylic oxidation sites excluding steroid dienone is 3. The third-order valence-corrected chi connectivity index (χ3v) is 6.75. The molecule has 0 atom stereocenters. The Morgan fingerprint density at radius 3 is 2.77 bits per heavy atom. The van der Waals surface area contributed by atoms with E-state index in [-0.39, 0.29) is 17.3 Å². The first-order valence-electron chi connectivity index (χ1n) is 10.6. The molecule has 0 aromatic rings. The molecule has 0 spiro atoms. The molecule has 4 rings (SSSR count). The summed E-state index contributed by atoms with van der Waals surface area (Å²) in [5.41, 5.74) is 3.23. The predicted molar refractivity (Wildman–Crippen MR) is 124 cm³/mol. The number of hydrogen-bond donors (Lipinski definition) is 1. The van der Waals surface area contributed by atoms with Gasteiger partial charge in [0.05, 0.1) is 12.1 Å². The number of amides is 1. The molecule has 0 saturated carbocycles. The van der Waals surface area contributed by atoms with Crippen LogP contribution in [0.15, 0.2) is 50.0 Å². The van der Waals surface area contributed by atoms with Gasteiger partial charge >= 0.3 is 0 Å². The molecule has 1 amide bonds. The van der Waals surface area contributed by atoms with E-state index >= 15 is 0 Å². The summed E-state index contributed by atoms with van der Waals surface area (Å²) in [5, 5.41) is 16.1. The van der Waals surface area contributed by atoms with Crippen molar-refractivity contribution in [2.45, 2.75) is 46.5 Å². The average molecular weight is 425 g/mol. The minimum atomic E-state index is -0.378. The number of nitrogens with zero attached hydrogens (tertiary/aromatic N) is 5. The predicted octanol–water partition coefficient (Wildman–Crippen LogP) is 3.97. The number of aliphatic imine (C=N–C) groups is 2. The lowest BCUT2D eigenvalue weighted by Gasteiger charge is -2.30. The SMILES string of the molecule is CCC/C=C\C1=C(/C=C2\C(=N)N3N=C(N4CCC(C)CC4)SC3=NC2=O)CN=C1C. The van der Waals surface area contributed by atoms with Crippen molar-refractivity contribution >= 4 is 39.6 Å². The van der Waals surface area contributed by atoms with Crippen LogP contribution in [-0.2, 0) is 4.79 Å². The van der Waals surface area contributed by atoms with Crippen molar-refractivity contribution in [2.75, 3.05) is 19.6 Å². The molecule has 0 aromatic heterocycles. The highest BCUT2D eigenvalue weighted by molar-refractivity contribution is 8.26. The third-order valence-electron chi connectivity index (χ3n) is 5.78. The molecule has 4 aliphatic rings. The van der Waals surface area contributed by atoms with Crippen molar-refractivity contribution in [3.8, 4) is 0 Å². The summed E-state index contributed by atoms with van der Waals surface area (Å²) < 4.78 is 0. The molecule has 0 aliphatic carbocycles. The smallest absolute Gasteiger partial charge is 0.283 e. The van der Waals surface area contributed by atoms with Gasteiger partial charge in [0.1, 0.15) is 0 Å². The molecule has 0 unspecified atom stereocenters. The van der Waals surface area contributed by atoms with Crippen molar-refractivity contribution in [3.05, 3.63) is 34.9 Å². The van der Waals surface area contributed by atoms with E-state index in [9.17, 15) is 4.79 Å². The summed E-state index contributed by atoms with van der Waals surface area (Å²) in [5.74, 6) is 0.441. The van der Waals surface area contributed by atoms with Crippen molar-refractivity contribution in [3.63, 3.8) is 0 Å². The molecular weight excluding hydrogens is 396 g/mol. The molecule has 0 bridgehead atoms. The van der Waals surface area contributed by atoms with E-state index in [4.69, 9.17) is 5.41 Å². The van der Waals surface area contributed by atoms with Crippen LogP contribution in [0.2, 0.25) is 0 Å². The van der Waals surface area contributed by atoms with Crippen LogP contribution in [0, 0.1) is 11.3 Å². The van der Waals surface area contributed by atoms with Crippen LogP contribution < -0.4 is 0 Å². The Bertz CT molecular complexity index is 947. The van der Waals surface area contributed by atoms with Crippen molar-refractivity contribution < 1.29 is 4.79 Å². The molecule has 158 valence electrons. The van der Waals surface area contributed by atoms with Gasteiger partial charge < -0.3 is 4.90 Å². The maximum Gasteiger partial charge on any atom is 0.283 e. The molecule has 0 radical (unpaired) electrons. The van der Waals surface area contributed by atoms with Crippen molar-refractivity contribution in [2.24, 2.45) is 21.0 Å². The second kappa shape index (κ2) is 8.71. The number of rotatable bonds is 4. The van der Waals surface area contributed by atoms with E-state index in [1.807, 2.05) is 6.92 Å². The number of amidine groups is 3. The van der Waals surface area contributed by atoms with E-state index in [0.29, 0.717) is 11.7 Å². The number of likely N-dealkylation sites (tertiary alicyclic amines) is 1. The van der Waals surface area contributed by atoms with E-state index in [2.05, 4.69) is 46.0 Å². The highest BCUT2D eigenvalue weighted by Crippen LogP contribution is 2.31. The van der Waals surface area contributed by atoms with E-state index in [0.717, 1.165) is 66.7 Å². The number of hydrogen-bond acceptors (Lipinski definition) is 6. The quantitative estimate of drug-likeness (QED) is 0.692. The minimum Gasteiger partial charge on any atom is -0.349 e. The fraction of sp³-hybridized carbons (Fsp3) is 0.500. The Labute approximate surface area is 181 Å². The largest absolute Gasteiger partial charge is 0.349 e. The number of hydrazone groups is 1. The molecule has 1 N–H and O–H groups in total. The van der Waals surface area contributed by atoms with E-state index in [1.54, 1.807) is 6.08 Å². The van der Waals surface area contributed by atoms with Crippen LogP contribution in [0.5, 0.6) is 0 Å². The molecule has 1 fully saturated rings. The Morgan fingerprint density at radius 1 is 1.27 bits per heavy atom. The van der Waals surface area contributed by atoms with Gasteiger partial charge in [-0.25, -0.2) is 0 Å². The molecule has 4 heterocycles. The summed E-state index contributed by atoms with van der Waals surface area (Å²) in [4.78, 5) is 23.7. The first-order valence-corrected chi connectivity index (χ1v) is 11.5. The Morgan fingerprint density at radius 2 is 2.03 bits per heavy atom. The number of thioether (sulfide) groups is 1. The Hall–Kier alpha value is -2.48. The summed E-state index contributed by atoms with van der Waals surface area (Å²) in [7, 11) is 0. The van der Waals surface area contributed by atoms with Gasteiger partial charge in [-0.1, -0.05) is 32.4 Å². The number of piperidine rings is 1. The second-order valence-corrected chi connectivity index (χ2v) is 9.04. The van der Waals surface area contributed by atoms with Gasteiger partial charge in [-0.2, -0.15) is 10.0 Å². The highest BCUT2D eigenvalue weighted by atomic mass is 32.2. The monoisotopic (exact) mass is 424 g/mol. The standard InChI is InChI=1S/C22H28N6OS/c1-4-5-6-7-17-15(3)24-13-16(17)12-18-19(23)28-21(25-20(18)29)30-22(26-28)27-10-8-14(2)9-11-27/h6-7,12,14,23H,4-5,8-11,13H2,1-3H3/b7-6-,18-12+,23-19?. The fourth-order valence-electron chi connectivity index (χ4n) is 3.81. The van der Waals surface area contributed by atoms with E-state index in [1.165, 1.54) is 16.8 Å². The molecule has 8 heteroatoms. The first kappa shape index (κ1) is 20.8. The lowest BCUT2D eigenvalue weighted by Crippen LogP contribution is -2.36. The lowest BCUT2D eigenvalue weighted by atomic mass is 10.00. The molecule has 7 nitrogen and oxygen atoms in total. The molecule has 0 aromatic carbocycles. The van der Waals surface area contributed by atoms with Gasteiger partial charge in [-0.05, 0) is 61.1 Å². The van der Waals surface area contributed by atoms with Gasteiger partial charge in [-0.3, -0.25) is 15.2 Å². The average Bonchev–Trinajstić information content (AvgIpc) is 3.30. The van der Waals surface area contributed by atoms with Crippen LogP contribution in [0.25, 0.3) is 0 Å². The maximum atomic E-state index is 12.7. The van der Waals surface area contributed by atoms with Crippen LogP contribution in [0.3, 0.4) is 0 Å². The number of nitrogens with one attached hydrogen (secondary N) is 1.